The van der Waals surface area contributed by atoms with E-state index in [1.54, 1.807) is 6.20 Å². The summed E-state index contributed by atoms with van der Waals surface area (Å²) in [6.45, 7) is 5.11. The summed E-state index contributed by atoms with van der Waals surface area (Å²) in [5.41, 5.74) is 2.18. The van der Waals surface area contributed by atoms with E-state index >= 15 is 0 Å². The fourth-order valence-corrected chi connectivity index (χ4v) is 2.54. The lowest BCUT2D eigenvalue weighted by atomic mass is 10.1. The summed E-state index contributed by atoms with van der Waals surface area (Å²) < 4.78 is 5.96. The lowest BCUT2D eigenvalue weighted by molar-refractivity contribution is 0.449. The van der Waals surface area contributed by atoms with Crippen molar-refractivity contribution in [3.05, 3.63) is 53.8 Å². The molecule has 1 aromatic carbocycles. The summed E-state index contributed by atoms with van der Waals surface area (Å²) in [7, 11) is 0. The number of hydrogen-bond donors (Lipinski definition) is 2. The highest BCUT2D eigenvalue weighted by atomic mass is 16.3. The third-order valence-electron chi connectivity index (χ3n) is 3.64. The number of fused-ring (bicyclic) bond motifs is 1. The molecule has 3 rings (SSSR count). The first kappa shape index (κ1) is 12.9. The van der Waals surface area contributed by atoms with Crippen LogP contribution in [0.2, 0.25) is 0 Å². The molecular formula is C16H19N3O. The molecule has 0 spiro atoms. The maximum Gasteiger partial charge on any atom is 0.134 e. The molecule has 2 N–H and O–H groups in total. The first-order valence-corrected chi connectivity index (χ1v) is 6.95. The first-order chi connectivity index (χ1) is 9.75. The van der Waals surface area contributed by atoms with Crippen molar-refractivity contribution in [2.75, 3.05) is 6.54 Å². The highest BCUT2D eigenvalue weighted by Gasteiger charge is 2.15. The van der Waals surface area contributed by atoms with Crippen molar-refractivity contribution >= 4 is 11.0 Å². The number of nitrogens with zero attached hydrogens (tertiary/aromatic N) is 1. The SMILES string of the molecule is Cc1c(C(C)NCCc2ncc[nH]2)oc2ccccc12. The quantitative estimate of drug-likeness (QED) is 0.746. The Kier molecular flexibility index (Phi) is 3.56. The average molecular weight is 269 g/mol. The molecule has 4 nitrogen and oxygen atoms in total. The minimum atomic E-state index is 0.192. The van der Waals surface area contributed by atoms with E-state index in [-0.39, 0.29) is 6.04 Å². The van der Waals surface area contributed by atoms with Crippen LogP contribution in [0.25, 0.3) is 11.0 Å². The molecule has 2 heterocycles. The third-order valence-corrected chi connectivity index (χ3v) is 3.64. The van der Waals surface area contributed by atoms with E-state index in [1.807, 2.05) is 24.4 Å². The van der Waals surface area contributed by atoms with Crippen LogP contribution < -0.4 is 5.32 Å². The van der Waals surface area contributed by atoms with E-state index in [0.29, 0.717) is 0 Å². The fraction of sp³-hybridized carbons (Fsp3) is 0.312. The van der Waals surface area contributed by atoms with Gasteiger partial charge in [-0.3, -0.25) is 0 Å². The number of aromatic amines is 1. The van der Waals surface area contributed by atoms with Gasteiger partial charge in [-0.25, -0.2) is 4.98 Å². The van der Waals surface area contributed by atoms with Gasteiger partial charge in [-0.2, -0.15) is 0 Å². The van der Waals surface area contributed by atoms with Gasteiger partial charge in [0, 0.05) is 30.7 Å². The van der Waals surface area contributed by atoms with Crippen molar-refractivity contribution in [1.82, 2.24) is 15.3 Å². The first-order valence-electron chi connectivity index (χ1n) is 6.95. The molecule has 20 heavy (non-hydrogen) atoms. The van der Waals surface area contributed by atoms with Gasteiger partial charge < -0.3 is 14.7 Å². The second-order valence-electron chi connectivity index (χ2n) is 5.05. The number of imidazole rings is 1. The van der Waals surface area contributed by atoms with Gasteiger partial charge in [-0.1, -0.05) is 18.2 Å². The van der Waals surface area contributed by atoms with E-state index < -0.39 is 0 Å². The zero-order valence-electron chi connectivity index (χ0n) is 11.8. The van der Waals surface area contributed by atoms with Crippen LogP contribution in [-0.2, 0) is 6.42 Å². The molecule has 0 aliphatic rings. The third kappa shape index (κ3) is 2.47. The minimum Gasteiger partial charge on any atom is -0.459 e. The number of H-pyrrole nitrogens is 1. The molecular weight excluding hydrogens is 250 g/mol. The molecule has 4 heteroatoms. The summed E-state index contributed by atoms with van der Waals surface area (Å²) >= 11 is 0. The van der Waals surface area contributed by atoms with Gasteiger partial charge in [0.2, 0.25) is 0 Å². The summed E-state index contributed by atoms with van der Waals surface area (Å²) in [5.74, 6) is 2.02. The van der Waals surface area contributed by atoms with Gasteiger partial charge in [-0.15, -0.1) is 0 Å². The zero-order chi connectivity index (χ0) is 13.9. The molecule has 1 unspecified atom stereocenters. The zero-order valence-corrected chi connectivity index (χ0v) is 11.8. The normalized spacial score (nSPS) is 12.9. The Bertz CT molecular complexity index is 685. The van der Waals surface area contributed by atoms with Gasteiger partial charge in [0.25, 0.3) is 0 Å². The lowest BCUT2D eigenvalue weighted by Crippen LogP contribution is -2.21. The van der Waals surface area contributed by atoms with Crippen molar-refractivity contribution in [2.45, 2.75) is 26.3 Å². The molecule has 3 aromatic rings. The predicted octanol–water partition coefficient (Wildman–Crippen LogP) is 3.36. The Morgan fingerprint density at radius 2 is 2.20 bits per heavy atom. The van der Waals surface area contributed by atoms with E-state index in [0.717, 1.165) is 30.1 Å². The van der Waals surface area contributed by atoms with Crippen molar-refractivity contribution in [2.24, 2.45) is 0 Å². The van der Waals surface area contributed by atoms with Crippen molar-refractivity contribution in [3.8, 4) is 0 Å². The van der Waals surface area contributed by atoms with Gasteiger partial charge in [0.05, 0.1) is 6.04 Å². The second kappa shape index (κ2) is 5.51. The number of nitrogens with one attached hydrogen (secondary N) is 2. The van der Waals surface area contributed by atoms with Crippen LogP contribution in [0.15, 0.2) is 41.1 Å². The highest BCUT2D eigenvalue weighted by Crippen LogP contribution is 2.28. The topological polar surface area (TPSA) is 53.9 Å². The summed E-state index contributed by atoms with van der Waals surface area (Å²) in [6, 6.07) is 8.36. The molecule has 2 aromatic heterocycles. The number of rotatable bonds is 5. The van der Waals surface area contributed by atoms with Gasteiger partial charge >= 0.3 is 0 Å². The Balaban J connectivity index is 1.69. The van der Waals surface area contributed by atoms with Gasteiger partial charge in [-0.05, 0) is 25.5 Å². The molecule has 0 radical (unpaired) electrons. The number of aromatic nitrogens is 2. The molecule has 0 saturated heterocycles. The van der Waals surface area contributed by atoms with E-state index in [2.05, 4.69) is 35.2 Å². The molecule has 0 saturated carbocycles. The molecule has 0 amide bonds. The van der Waals surface area contributed by atoms with Crippen molar-refractivity contribution in [3.63, 3.8) is 0 Å². The van der Waals surface area contributed by atoms with E-state index in [4.69, 9.17) is 4.42 Å². The van der Waals surface area contributed by atoms with Crippen LogP contribution in [0.1, 0.15) is 30.1 Å². The number of aryl methyl sites for hydroxylation is 1. The van der Waals surface area contributed by atoms with Gasteiger partial charge in [0.1, 0.15) is 17.2 Å². The number of benzene rings is 1. The molecule has 0 fully saturated rings. The Morgan fingerprint density at radius 1 is 1.35 bits per heavy atom. The average Bonchev–Trinajstić information content (AvgIpc) is 3.08. The molecule has 0 aliphatic carbocycles. The molecule has 104 valence electrons. The van der Waals surface area contributed by atoms with Crippen molar-refractivity contribution < 1.29 is 4.42 Å². The standard InChI is InChI=1S/C16H19N3O/c1-11-13-5-3-4-6-14(13)20-16(11)12(2)17-8-7-15-18-9-10-19-15/h3-6,9-10,12,17H,7-8H2,1-2H3,(H,18,19). The summed E-state index contributed by atoms with van der Waals surface area (Å²) in [4.78, 5) is 7.33. The van der Waals surface area contributed by atoms with Crippen molar-refractivity contribution in [1.29, 1.82) is 0 Å². The summed E-state index contributed by atoms with van der Waals surface area (Å²) in [5, 5.41) is 4.68. The van der Waals surface area contributed by atoms with E-state index in [1.165, 1.54) is 10.9 Å². The largest absolute Gasteiger partial charge is 0.459 e. The van der Waals surface area contributed by atoms with Crippen LogP contribution in [-0.4, -0.2) is 16.5 Å². The number of para-hydroxylation sites is 1. The van der Waals surface area contributed by atoms with Crippen LogP contribution >= 0.6 is 0 Å². The van der Waals surface area contributed by atoms with E-state index in [9.17, 15) is 0 Å². The Morgan fingerprint density at radius 3 is 2.95 bits per heavy atom. The lowest BCUT2D eigenvalue weighted by Gasteiger charge is -2.11. The monoisotopic (exact) mass is 269 g/mol. The van der Waals surface area contributed by atoms with Crippen LogP contribution in [0.5, 0.6) is 0 Å². The highest BCUT2D eigenvalue weighted by molar-refractivity contribution is 5.82. The predicted molar refractivity (Wildman–Crippen MR) is 79.7 cm³/mol. The van der Waals surface area contributed by atoms with Crippen LogP contribution in [0, 0.1) is 6.92 Å². The second-order valence-corrected chi connectivity index (χ2v) is 5.05. The smallest absolute Gasteiger partial charge is 0.134 e. The summed E-state index contributed by atoms with van der Waals surface area (Å²) in [6.07, 6.45) is 4.51. The maximum atomic E-state index is 5.96. The fourth-order valence-electron chi connectivity index (χ4n) is 2.54. The van der Waals surface area contributed by atoms with Gasteiger partial charge in [0.15, 0.2) is 0 Å². The number of hydrogen-bond acceptors (Lipinski definition) is 3. The van der Waals surface area contributed by atoms with Crippen LogP contribution in [0.4, 0.5) is 0 Å². The minimum absolute atomic E-state index is 0.192. The Hall–Kier alpha value is -2.07. The molecule has 0 bridgehead atoms. The maximum absolute atomic E-state index is 5.96. The molecule has 1 atom stereocenters. The number of furan rings is 1. The van der Waals surface area contributed by atoms with Crippen LogP contribution in [0.3, 0.4) is 0 Å². The Labute approximate surface area is 118 Å². The molecule has 0 aliphatic heterocycles.